The van der Waals surface area contributed by atoms with Gasteiger partial charge in [0.1, 0.15) is 11.6 Å². The van der Waals surface area contributed by atoms with Crippen molar-refractivity contribution in [2.45, 2.75) is 44.7 Å². The molecule has 1 heterocycles. The lowest BCUT2D eigenvalue weighted by atomic mass is 9.97. The molecule has 1 atom stereocenters. The molecule has 0 aliphatic carbocycles. The van der Waals surface area contributed by atoms with Crippen LogP contribution in [0.5, 0.6) is 5.75 Å². The lowest BCUT2D eigenvalue weighted by Gasteiger charge is -2.35. The van der Waals surface area contributed by atoms with Gasteiger partial charge in [-0.05, 0) is 43.5 Å². The van der Waals surface area contributed by atoms with Crippen molar-refractivity contribution in [3.8, 4) is 5.75 Å². The number of likely N-dealkylation sites (tertiary alicyclic amines) is 1. The van der Waals surface area contributed by atoms with Gasteiger partial charge in [-0.25, -0.2) is 4.39 Å². The number of benzene rings is 1. The van der Waals surface area contributed by atoms with Gasteiger partial charge in [0, 0.05) is 25.1 Å². The van der Waals surface area contributed by atoms with Crippen LogP contribution in [0.2, 0.25) is 0 Å². The second-order valence-electron chi connectivity index (χ2n) is 5.37. The number of nitrogens with zero attached hydrogens (tertiary/aromatic N) is 1. The molecule has 0 radical (unpaired) electrons. The van der Waals surface area contributed by atoms with Crippen molar-refractivity contribution in [3.05, 3.63) is 29.6 Å². The van der Waals surface area contributed by atoms with E-state index in [-0.39, 0.29) is 18.2 Å². The Balaban J connectivity index is 2.02. The average Bonchev–Trinajstić information content (AvgIpc) is 2.36. The first-order valence-corrected chi connectivity index (χ1v) is 6.99. The smallest absolute Gasteiger partial charge is 0.303 e. The Hall–Kier alpha value is -1.62. The minimum absolute atomic E-state index is 0.0703. The Morgan fingerprint density at radius 3 is 2.85 bits per heavy atom. The van der Waals surface area contributed by atoms with Crippen LogP contribution < -0.4 is 0 Å². The molecule has 0 saturated carbocycles. The Morgan fingerprint density at radius 2 is 2.15 bits per heavy atom. The number of hydrogen-bond acceptors (Lipinski definition) is 3. The molecule has 0 bridgehead atoms. The van der Waals surface area contributed by atoms with Crippen LogP contribution in [0.25, 0.3) is 0 Å². The summed E-state index contributed by atoms with van der Waals surface area (Å²) in [5.41, 5.74) is 0.727. The number of carboxylic acid groups (broad SMARTS) is 1. The van der Waals surface area contributed by atoms with Crippen molar-refractivity contribution in [3.63, 3.8) is 0 Å². The maximum Gasteiger partial charge on any atom is 0.303 e. The summed E-state index contributed by atoms with van der Waals surface area (Å²) in [6.07, 6.45) is 3.95. The van der Waals surface area contributed by atoms with E-state index in [0.29, 0.717) is 13.0 Å². The fourth-order valence-corrected chi connectivity index (χ4v) is 2.84. The number of carbonyl (C=O) groups is 1. The largest absolute Gasteiger partial charge is 0.508 e. The molecule has 1 unspecified atom stereocenters. The highest BCUT2D eigenvalue weighted by Crippen LogP contribution is 2.24. The number of aliphatic carboxylic acids is 1. The molecule has 1 aromatic rings. The molecule has 1 fully saturated rings. The number of halogens is 1. The summed E-state index contributed by atoms with van der Waals surface area (Å²) >= 11 is 0. The predicted molar refractivity (Wildman–Crippen MR) is 73.0 cm³/mol. The van der Waals surface area contributed by atoms with Gasteiger partial charge < -0.3 is 10.2 Å². The third kappa shape index (κ3) is 4.20. The van der Waals surface area contributed by atoms with E-state index in [1.54, 1.807) is 6.07 Å². The van der Waals surface area contributed by atoms with Crippen LogP contribution in [-0.4, -0.2) is 33.7 Å². The van der Waals surface area contributed by atoms with Crippen molar-refractivity contribution in [2.75, 3.05) is 6.54 Å². The van der Waals surface area contributed by atoms with Gasteiger partial charge in [0.2, 0.25) is 0 Å². The van der Waals surface area contributed by atoms with Crippen molar-refractivity contribution in [2.24, 2.45) is 0 Å². The van der Waals surface area contributed by atoms with Crippen LogP contribution in [-0.2, 0) is 11.3 Å². The SMILES string of the molecule is O=C(O)CCC1CCCCN1Cc1cc(O)cc(F)c1. The van der Waals surface area contributed by atoms with Crippen LogP contribution in [0.4, 0.5) is 4.39 Å². The monoisotopic (exact) mass is 281 g/mol. The normalized spacial score (nSPS) is 19.9. The van der Waals surface area contributed by atoms with Crippen molar-refractivity contribution < 1.29 is 19.4 Å². The number of carboxylic acids is 1. The minimum Gasteiger partial charge on any atom is -0.508 e. The van der Waals surface area contributed by atoms with E-state index in [4.69, 9.17) is 5.11 Å². The second kappa shape index (κ2) is 6.70. The van der Waals surface area contributed by atoms with Gasteiger partial charge in [0.05, 0.1) is 0 Å². The first kappa shape index (κ1) is 14.8. The standard InChI is InChI=1S/C15H20FNO3/c16-12-7-11(8-14(18)9-12)10-17-6-2-1-3-13(17)4-5-15(19)20/h7-9,13,18H,1-6,10H2,(H,19,20). The van der Waals surface area contributed by atoms with E-state index in [1.165, 1.54) is 6.07 Å². The van der Waals surface area contributed by atoms with Gasteiger partial charge in [-0.2, -0.15) is 0 Å². The molecule has 1 aromatic carbocycles. The highest BCUT2D eigenvalue weighted by atomic mass is 19.1. The molecule has 0 spiro atoms. The molecular weight excluding hydrogens is 261 g/mol. The van der Waals surface area contributed by atoms with Crippen molar-refractivity contribution in [1.29, 1.82) is 0 Å². The third-order valence-electron chi connectivity index (χ3n) is 3.77. The van der Waals surface area contributed by atoms with E-state index in [1.807, 2.05) is 0 Å². The summed E-state index contributed by atoms with van der Waals surface area (Å²) in [6.45, 7) is 1.44. The third-order valence-corrected chi connectivity index (χ3v) is 3.77. The summed E-state index contributed by atoms with van der Waals surface area (Å²) in [5.74, 6) is -1.29. The second-order valence-corrected chi connectivity index (χ2v) is 5.37. The first-order valence-electron chi connectivity index (χ1n) is 6.99. The van der Waals surface area contributed by atoms with Crippen LogP contribution >= 0.6 is 0 Å². The number of phenolic OH excluding ortho intramolecular Hbond substituents is 1. The topological polar surface area (TPSA) is 60.8 Å². The molecular formula is C15H20FNO3. The van der Waals surface area contributed by atoms with Gasteiger partial charge in [0.15, 0.2) is 0 Å². The van der Waals surface area contributed by atoms with Gasteiger partial charge >= 0.3 is 5.97 Å². The fourth-order valence-electron chi connectivity index (χ4n) is 2.84. The Bertz CT molecular complexity index is 458. The summed E-state index contributed by atoms with van der Waals surface area (Å²) in [7, 11) is 0. The summed E-state index contributed by atoms with van der Waals surface area (Å²) in [4.78, 5) is 12.9. The fraction of sp³-hybridized carbons (Fsp3) is 0.533. The van der Waals surface area contributed by atoms with E-state index in [0.717, 1.165) is 37.4 Å². The lowest BCUT2D eigenvalue weighted by Crippen LogP contribution is -2.39. The first-order chi connectivity index (χ1) is 9.54. The lowest BCUT2D eigenvalue weighted by molar-refractivity contribution is -0.137. The maximum absolute atomic E-state index is 13.3. The highest BCUT2D eigenvalue weighted by Gasteiger charge is 2.23. The van der Waals surface area contributed by atoms with Crippen LogP contribution in [0.3, 0.4) is 0 Å². The molecule has 2 N–H and O–H groups in total. The molecule has 2 rings (SSSR count). The number of aromatic hydroxyl groups is 1. The summed E-state index contributed by atoms with van der Waals surface area (Å²) in [6, 6.07) is 4.29. The minimum atomic E-state index is -0.779. The van der Waals surface area contributed by atoms with Crippen molar-refractivity contribution in [1.82, 2.24) is 4.90 Å². The van der Waals surface area contributed by atoms with Gasteiger partial charge in [-0.3, -0.25) is 9.69 Å². The highest BCUT2D eigenvalue weighted by molar-refractivity contribution is 5.66. The number of hydrogen-bond donors (Lipinski definition) is 2. The zero-order valence-corrected chi connectivity index (χ0v) is 11.4. The number of piperidine rings is 1. The maximum atomic E-state index is 13.3. The van der Waals surface area contributed by atoms with Gasteiger partial charge in [-0.15, -0.1) is 0 Å². The Kier molecular flexibility index (Phi) is 4.95. The molecule has 0 aromatic heterocycles. The Labute approximate surface area is 117 Å². The van der Waals surface area contributed by atoms with Crippen LogP contribution in [0.1, 0.15) is 37.7 Å². The van der Waals surface area contributed by atoms with Crippen molar-refractivity contribution >= 4 is 5.97 Å². The van der Waals surface area contributed by atoms with E-state index in [9.17, 15) is 14.3 Å². The molecule has 20 heavy (non-hydrogen) atoms. The number of rotatable bonds is 5. The zero-order valence-electron chi connectivity index (χ0n) is 11.4. The molecule has 1 aliphatic rings. The molecule has 0 amide bonds. The predicted octanol–water partition coefficient (Wildman–Crippen LogP) is 2.75. The number of phenols is 1. The van der Waals surface area contributed by atoms with Gasteiger partial charge in [-0.1, -0.05) is 6.42 Å². The van der Waals surface area contributed by atoms with E-state index < -0.39 is 11.8 Å². The molecule has 110 valence electrons. The summed E-state index contributed by atoms with van der Waals surface area (Å²) < 4.78 is 13.3. The quantitative estimate of drug-likeness (QED) is 0.871. The van der Waals surface area contributed by atoms with Gasteiger partial charge in [0.25, 0.3) is 0 Å². The molecule has 1 aliphatic heterocycles. The molecule has 4 nitrogen and oxygen atoms in total. The molecule has 1 saturated heterocycles. The van der Waals surface area contributed by atoms with E-state index >= 15 is 0 Å². The zero-order chi connectivity index (χ0) is 14.5. The molecule has 5 heteroatoms. The average molecular weight is 281 g/mol. The van der Waals surface area contributed by atoms with Crippen LogP contribution in [0.15, 0.2) is 18.2 Å². The van der Waals surface area contributed by atoms with E-state index in [2.05, 4.69) is 4.90 Å². The van der Waals surface area contributed by atoms with Crippen LogP contribution in [0, 0.1) is 5.82 Å². The Morgan fingerprint density at radius 1 is 1.35 bits per heavy atom. The summed E-state index contributed by atoms with van der Waals surface area (Å²) in [5, 5.41) is 18.2.